The summed E-state index contributed by atoms with van der Waals surface area (Å²) in [6.07, 6.45) is 3.77. The molecule has 2 aliphatic heterocycles. The average Bonchev–Trinajstić information content (AvgIpc) is 3.74. The third kappa shape index (κ3) is 4.08. The minimum absolute atomic E-state index is 0.535. The van der Waals surface area contributed by atoms with Gasteiger partial charge in [-0.25, -0.2) is 9.69 Å². The quantitative estimate of drug-likeness (QED) is 0.166. The SMILES string of the molecule is [C-]#[N+]c1ccc2c(c1)c1cc([N+]#[C-])ccc1n2-c1cccc2c1C1(c3ccccc3O2)c2cccnc2-c2ncc(N3c4ccccc4Oc4ccccc43)cc21. The smallest absolute Gasteiger partial charge is 0.188 e. The van der Waals surface area contributed by atoms with Crippen LogP contribution < -0.4 is 14.4 Å². The molecule has 9 aromatic rings. The molecule has 0 saturated heterocycles. The summed E-state index contributed by atoms with van der Waals surface area (Å²) in [6.45, 7) is 15.6. The molecule has 0 N–H and O–H groups in total. The van der Waals surface area contributed by atoms with E-state index in [4.69, 9.17) is 32.6 Å². The van der Waals surface area contributed by atoms with Gasteiger partial charge in [0.25, 0.3) is 0 Å². The summed E-state index contributed by atoms with van der Waals surface area (Å²) in [5, 5.41) is 1.80. The summed E-state index contributed by atoms with van der Waals surface area (Å²) in [6, 6.07) is 48.6. The Labute approximate surface area is 326 Å². The van der Waals surface area contributed by atoms with E-state index in [1.807, 2.05) is 116 Å². The number of rotatable bonds is 2. The zero-order valence-electron chi connectivity index (χ0n) is 30.0. The molecule has 3 aliphatic rings. The molecule has 5 heterocycles. The Kier molecular flexibility index (Phi) is 6.24. The predicted octanol–water partition coefficient (Wildman–Crippen LogP) is 12.7. The van der Waals surface area contributed by atoms with Crippen LogP contribution in [0.1, 0.15) is 22.3 Å². The van der Waals surface area contributed by atoms with Gasteiger partial charge in [0.05, 0.1) is 69.9 Å². The zero-order chi connectivity index (χ0) is 37.8. The normalized spacial score (nSPS) is 15.3. The number of nitrogens with zero attached hydrogens (tertiary/aromatic N) is 6. The van der Waals surface area contributed by atoms with Crippen LogP contribution in [0.3, 0.4) is 0 Å². The second kappa shape index (κ2) is 11.4. The minimum Gasteiger partial charge on any atom is -0.457 e. The van der Waals surface area contributed by atoms with Gasteiger partial charge in [0.15, 0.2) is 22.9 Å². The van der Waals surface area contributed by atoms with Crippen molar-refractivity contribution in [3.8, 4) is 40.1 Å². The lowest BCUT2D eigenvalue weighted by Gasteiger charge is -2.40. The molecular formula is C49H26N6O2. The van der Waals surface area contributed by atoms with E-state index in [0.717, 1.165) is 95.4 Å². The molecule has 0 fully saturated rings. The highest BCUT2D eigenvalue weighted by atomic mass is 16.5. The fourth-order valence-electron chi connectivity index (χ4n) is 9.32. The van der Waals surface area contributed by atoms with Crippen molar-refractivity contribution in [2.24, 2.45) is 0 Å². The largest absolute Gasteiger partial charge is 0.457 e. The van der Waals surface area contributed by atoms with Gasteiger partial charge < -0.3 is 18.9 Å². The zero-order valence-corrected chi connectivity index (χ0v) is 30.0. The van der Waals surface area contributed by atoms with Gasteiger partial charge in [0, 0.05) is 22.9 Å². The first-order valence-corrected chi connectivity index (χ1v) is 18.5. The molecule has 3 aromatic heterocycles. The van der Waals surface area contributed by atoms with E-state index < -0.39 is 5.41 Å². The summed E-state index contributed by atoms with van der Waals surface area (Å²) in [5.74, 6) is 2.99. The molecule has 0 bridgehead atoms. The lowest BCUT2D eigenvalue weighted by atomic mass is 9.65. The predicted molar refractivity (Wildman–Crippen MR) is 221 cm³/mol. The monoisotopic (exact) mass is 730 g/mol. The van der Waals surface area contributed by atoms with Gasteiger partial charge in [0.1, 0.15) is 11.5 Å². The fraction of sp³-hybridized carbons (Fsp3) is 0.0204. The maximum atomic E-state index is 7.82. The number of para-hydroxylation sites is 5. The van der Waals surface area contributed by atoms with E-state index in [0.29, 0.717) is 17.1 Å². The van der Waals surface area contributed by atoms with Crippen molar-refractivity contribution >= 4 is 50.2 Å². The first kappa shape index (κ1) is 31.2. The maximum absolute atomic E-state index is 7.82. The van der Waals surface area contributed by atoms with E-state index in [-0.39, 0.29) is 0 Å². The second-order valence-electron chi connectivity index (χ2n) is 14.3. The number of hydrogen-bond acceptors (Lipinski definition) is 5. The number of pyridine rings is 2. The summed E-state index contributed by atoms with van der Waals surface area (Å²) in [4.78, 5) is 20.1. The topological polar surface area (TPSA) is 61.1 Å². The number of aromatic nitrogens is 3. The van der Waals surface area contributed by atoms with Gasteiger partial charge in [-0.2, -0.15) is 0 Å². The lowest BCUT2D eigenvalue weighted by Crippen LogP contribution is -2.34. The molecule has 6 aromatic carbocycles. The Balaban J connectivity index is 1.21. The van der Waals surface area contributed by atoms with Crippen molar-refractivity contribution < 1.29 is 9.47 Å². The number of ether oxygens (including phenoxy) is 2. The summed E-state index contributed by atoms with van der Waals surface area (Å²) < 4.78 is 15.6. The maximum Gasteiger partial charge on any atom is 0.188 e. The molecule has 0 saturated carbocycles. The molecule has 1 unspecified atom stereocenters. The van der Waals surface area contributed by atoms with Crippen LogP contribution in [0.2, 0.25) is 0 Å². The molecule has 1 aliphatic carbocycles. The number of hydrogen-bond donors (Lipinski definition) is 0. The first-order valence-electron chi connectivity index (χ1n) is 18.5. The van der Waals surface area contributed by atoms with Crippen molar-refractivity contribution in [1.82, 2.24) is 14.5 Å². The molecule has 0 radical (unpaired) electrons. The Morgan fingerprint density at radius 3 is 1.79 bits per heavy atom. The molecule has 0 amide bonds. The Morgan fingerprint density at radius 2 is 1.09 bits per heavy atom. The van der Waals surface area contributed by atoms with Crippen molar-refractivity contribution in [1.29, 1.82) is 0 Å². The van der Waals surface area contributed by atoms with Crippen LogP contribution in [0, 0.1) is 13.1 Å². The molecule has 12 rings (SSSR count). The number of benzene rings is 6. The van der Waals surface area contributed by atoms with E-state index in [1.54, 1.807) is 0 Å². The van der Waals surface area contributed by atoms with Crippen LogP contribution in [0.15, 0.2) is 158 Å². The Bertz CT molecular complexity index is 3200. The van der Waals surface area contributed by atoms with Crippen LogP contribution in [0.25, 0.3) is 48.6 Å². The third-order valence-corrected chi connectivity index (χ3v) is 11.5. The summed E-state index contributed by atoms with van der Waals surface area (Å²) in [7, 11) is 0. The van der Waals surface area contributed by atoms with Crippen LogP contribution in [0.5, 0.6) is 23.0 Å². The molecule has 8 nitrogen and oxygen atoms in total. The molecule has 1 atom stereocenters. The van der Waals surface area contributed by atoms with Crippen LogP contribution in [0.4, 0.5) is 28.4 Å². The third-order valence-electron chi connectivity index (χ3n) is 11.5. The fourth-order valence-corrected chi connectivity index (χ4v) is 9.32. The van der Waals surface area contributed by atoms with Crippen molar-refractivity contribution in [3.05, 3.63) is 203 Å². The lowest BCUT2D eigenvalue weighted by molar-refractivity contribution is 0.435. The minimum atomic E-state index is -0.927. The number of fused-ring (bicyclic) bond motifs is 14. The van der Waals surface area contributed by atoms with Crippen LogP contribution >= 0.6 is 0 Å². The van der Waals surface area contributed by atoms with Crippen LogP contribution in [-0.4, -0.2) is 14.5 Å². The van der Waals surface area contributed by atoms with Gasteiger partial charge in [-0.1, -0.05) is 66.7 Å². The van der Waals surface area contributed by atoms with Gasteiger partial charge >= 0.3 is 0 Å². The second-order valence-corrected chi connectivity index (χ2v) is 14.3. The van der Waals surface area contributed by atoms with Gasteiger partial charge in [-0.15, -0.1) is 0 Å². The van der Waals surface area contributed by atoms with Gasteiger partial charge in [0.2, 0.25) is 0 Å². The summed E-state index contributed by atoms with van der Waals surface area (Å²) in [5.41, 5.74) is 11.1. The molecular weight excluding hydrogens is 705 g/mol. The molecule has 8 heteroatoms. The molecule has 57 heavy (non-hydrogen) atoms. The average molecular weight is 731 g/mol. The highest BCUT2D eigenvalue weighted by Gasteiger charge is 2.54. The standard InChI is InChI=1S/C49H26N6O2/c1-50-29-20-22-37-32(25-29)33-26-30(51-2)21-23-38(33)55(37)41-15-9-19-45-46(41)49(34-11-3-6-16-42(34)56-45)35-12-10-24-52-47(35)48-36(49)27-31(28-53-48)54-39-13-4-7-17-43(39)57-44-18-8-5-14-40(44)54/h3-28H. The Hall–Kier alpha value is -8.20. The number of anilines is 3. The van der Waals surface area contributed by atoms with Crippen molar-refractivity contribution in [3.63, 3.8) is 0 Å². The highest BCUT2D eigenvalue weighted by molar-refractivity contribution is 6.11. The van der Waals surface area contributed by atoms with Gasteiger partial charge in [-0.05, 0) is 95.2 Å². The Morgan fingerprint density at radius 1 is 0.509 bits per heavy atom. The van der Waals surface area contributed by atoms with E-state index >= 15 is 0 Å². The first-order chi connectivity index (χ1) is 28.2. The highest BCUT2D eigenvalue weighted by Crippen LogP contribution is 2.63. The van der Waals surface area contributed by atoms with E-state index in [9.17, 15) is 0 Å². The summed E-state index contributed by atoms with van der Waals surface area (Å²) >= 11 is 0. The molecule has 1 spiro atoms. The van der Waals surface area contributed by atoms with Gasteiger partial charge in [-0.3, -0.25) is 9.97 Å². The van der Waals surface area contributed by atoms with Crippen LogP contribution in [-0.2, 0) is 5.41 Å². The van der Waals surface area contributed by atoms with E-state index in [1.165, 1.54) is 0 Å². The van der Waals surface area contributed by atoms with Crippen molar-refractivity contribution in [2.75, 3.05) is 4.90 Å². The van der Waals surface area contributed by atoms with Crippen molar-refractivity contribution in [2.45, 2.75) is 5.41 Å². The van der Waals surface area contributed by atoms with E-state index in [2.05, 4.69) is 61.6 Å². The molecule has 264 valence electrons.